The van der Waals surface area contributed by atoms with Gasteiger partial charge in [0.1, 0.15) is 0 Å². The summed E-state index contributed by atoms with van der Waals surface area (Å²) in [6.07, 6.45) is 7.13. The molecule has 0 saturated heterocycles. The van der Waals surface area contributed by atoms with Gasteiger partial charge in [-0.1, -0.05) is 34.1 Å². The predicted molar refractivity (Wildman–Crippen MR) is 81.1 cm³/mol. The number of hydrogen-bond donors (Lipinski definition) is 2. The molecule has 1 amide bonds. The molecule has 0 heterocycles. The highest BCUT2D eigenvalue weighted by Gasteiger charge is 2.31. The fourth-order valence-electron chi connectivity index (χ4n) is 2.97. The van der Waals surface area contributed by atoms with Crippen LogP contribution in [0.5, 0.6) is 0 Å². The maximum absolute atomic E-state index is 11.7. The van der Waals surface area contributed by atoms with Gasteiger partial charge in [-0.2, -0.15) is 0 Å². The Hall–Kier alpha value is -0.570. The molecule has 1 aliphatic rings. The minimum atomic E-state index is 0.159. The number of rotatable bonds is 7. The molecule has 112 valence electrons. The normalized spacial score (nSPS) is 24.2. The highest BCUT2D eigenvalue weighted by molar-refractivity contribution is 5.78. The highest BCUT2D eigenvalue weighted by atomic mass is 16.1. The van der Waals surface area contributed by atoms with Gasteiger partial charge in [-0.25, -0.2) is 0 Å². The maximum Gasteiger partial charge on any atom is 0.234 e. The standard InChI is InChI=1S/C16H32N2O/c1-5-11-17-12-15(19)18-14-9-7-13(8-10-14)16(3,4)6-2/h13-14,17H,5-12H2,1-4H3,(H,18,19). The van der Waals surface area contributed by atoms with Gasteiger partial charge in [0.2, 0.25) is 5.91 Å². The third kappa shape index (κ3) is 5.52. The molecule has 0 atom stereocenters. The molecular weight excluding hydrogens is 236 g/mol. The molecule has 2 N–H and O–H groups in total. The van der Waals surface area contributed by atoms with Crippen molar-refractivity contribution in [3.05, 3.63) is 0 Å². The monoisotopic (exact) mass is 268 g/mol. The minimum absolute atomic E-state index is 0.159. The van der Waals surface area contributed by atoms with E-state index < -0.39 is 0 Å². The zero-order valence-electron chi connectivity index (χ0n) is 13.2. The third-order valence-electron chi connectivity index (χ3n) is 4.82. The molecule has 1 aliphatic carbocycles. The summed E-state index contributed by atoms with van der Waals surface area (Å²) in [6, 6.07) is 0.403. The molecule has 1 saturated carbocycles. The van der Waals surface area contributed by atoms with E-state index >= 15 is 0 Å². The molecular formula is C16H32N2O. The smallest absolute Gasteiger partial charge is 0.234 e. The van der Waals surface area contributed by atoms with Crippen molar-refractivity contribution in [3.63, 3.8) is 0 Å². The molecule has 3 heteroatoms. The van der Waals surface area contributed by atoms with Crippen molar-refractivity contribution >= 4 is 5.91 Å². The summed E-state index contributed by atoms with van der Waals surface area (Å²) in [5, 5.41) is 6.32. The van der Waals surface area contributed by atoms with E-state index in [2.05, 4.69) is 38.3 Å². The first-order valence-electron chi connectivity index (χ1n) is 7.99. The van der Waals surface area contributed by atoms with E-state index in [1.54, 1.807) is 0 Å². The average molecular weight is 268 g/mol. The SMILES string of the molecule is CCCNCC(=O)NC1CCC(C(C)(C)CC)CC1. The van der Waals surface area contributed by atoms with E-state index in [-0.39, 0.29) is 5.91 Å². The predicted octanol–water partition coefficient (Wildman–Crippen LogP) is 3.10. The zero-order valence-corrected chi connectivity index (χ0v) is 13.2. The minimum Gasteiger partial charge on any atom is -0.352 e. The summed E-state index contributed by atoms with van der Waals surface area (Å²) >= 11 is 0. The fourth-order valence-corrected chi connectivity index (χ4v) is 2.97. The van der Waals surface area contributed by atoms with E-state index in [9.17, 15) is 4.79 Å². The van der Waals surface area contributed by atoms with Crippen LogP contribution in [-0.4, -0.2) is 25.0 Å². The lowest BCUT2D eigenvalue weighted by Crippen LogP contribution is -2.43. The molecule has 0 unspecified atom stereocenters. The second-order valence-electron chi connectivity index (χ2n) is 6.63. The second-order valence-corrected chi connectivity index (χ2v) is 6.63. The van der Waals surface area contributed by atoms with Gasteiger partial charge in [-0.15, -0.1) is 0 Å². The lowest BCUT2D eigenvalue weighted by molar-refractivity contribution is -0.121. The summed E-state index contributed by atoms with van der Waals surface area (Å²) in [6.45, 7) is 10.5. The summed E-state index contributed by atoms with van der Waals surface area (Å²) in [5.74, 6) is 0.982. The van der Waals surface area contributed by atoms with Crippen LogP contribution >= 0.6 is 0 Å². The van der Waals surface area contributed by atoms with Crippen LogP contribution in [0.2, 0.25) is 0 Å². The van der Waals surface area contributed by atoms with Crippen LogP contribution in [0.25, 0.3) is 0 Å². The van der Waals surface area contributed by atoms with Gasteiger partial charge in [-0.05, 0) is 50.0 Å². The Morgan fingerprint density at radius 3 is 2.32 bits per heavy atom. The van der Waals surface area contributed by atoms with Gasteiger partial charge < -0.3 is 10.6 Å². The van der Waals surface area contributed by atoms with E-state index in [1.807, 2.05) is 0 Å². The first-order valence-corrected chi connectivity index (χ1v) is 7.99. The van der Waals surface area contributed by atoms with E-state index in [0.717, 1.165) is 31.7 Å². The van der Waals surface area contributed by atoms with Gasteiger partial charge in [0.25, 0.3) is 0 Å². The summed E-state index contributed by atoms with van der Waals surface area (Å²) < 4.78 is 0. The molecule has 0 aromatic heterocycles. The summed E-state index contributed by atoms with van der Waals surface area (Å²) in [5.41, 5.74) is 0.456. The van der Waals surface area contributed by atoms with Crippen molar-refractivity contribution in [2.45, 2.75) is 72.3 Å². The van der Waals surface area contributed by atoms with Crippen LogP contribution in [0.1, 0.15) is 66.2 Å². The van der Waals surface area contributed by atoms with Crippen molar-refractivity contribution in [1.82, 2.24) is 10.6 Å². The Balaban J connectivity index is 2.25. The first kappa shape index (κ1) is 16.5. The molecule has 0 aromatic rings. The number of nitrogens with one attached hydrogen (secondary N) is 2. The Morgan fingerprint density at radius 2 is 1.79 bits per heavy atom. The molecule has 0 radical (unpaired) electrons. The molecule has 1 fully saturated rings. The number of carbonyl (C=O) groups is 1. The largest absolute Gasteiger partial charge is 0.352 e. The van der Waals surface area contributed by atoms with E-state index in [4.69, 9.17) is 0 Å². The molecule has 3 nitrogen and oxygen atoms in total. The van der Waals surface area contributed by atoms with Gasteiger partial charge in [0, 0.05) is 6.04 Å². The van der Waals surface area contributed by atoms with Crippen LogP contribution in [-0.2, 0) is 4.79 Å². The van der Waals surface area contributed by atoms with Gasteiger partial charge >= 0.3 is 0 Å². The topological polar surface area (TPSA) is 41.1 Å². The third-order valence-corrected chi connectivity index (χ3v) is 4.82. The van der Waals surface area contributed by atoms with Gasteiger partial charge in [0.05, 0.1) is 6.54 Å². The quantitative estimate of drug-likeness (QED) is 0.697. The second kappa shape index (κ2) is 7.88. The summed E-state index contributed by atoms with van der Waals surface area (Å²) in [4.78, 5) is 11.7. The van der Waals surface area contributed by atoms with Gasteiger partial charge in [0.15, 0.2) is 0 Å². The average Bonchev–Trinajstić information content (AvgIpc) is 2.39. The van der Waals surface area contributed by atoms with Crippen molar-refractivity contribution in [3.8, 4) is 0 Å². The Labute approximate surface area is 118 Å². The van der Waals surface area contributed by atoms with Crippen LogP contribution in [0, 0.1) is 11.3 Å². The van der Waals surface area contributed by atoms with Crippen LogP contribution < -0.4 is 10.6 Å². The number of carbonyl (C=O) groups excluding carboxylic acids is 1. The number of hydrogen-bond acceptors (Lipinski definition) is 2. The Morgan fingerprint density at radius 1 is 1.16 bits per heavy atom. The van der Waals surface area contributed by atoms with Crippen LogP contribution in [0.15, 0.2) is 0 Å². The number of amides is 1. The van der Waals surface area contributed by atoms with Crippen molar-refractivity contribution in [2.24, 2.45) is 11.3 Å². The Kier molecular flexibility index (Phi) is 6.84. The van der Waals surface area contributed by atoms with Crippen molar-refractivity contribution < 1.29 is 4.79 Å². The van der Waals surface area contributed by atoms with Crippen molar-refractivity contribution in [2.75, 3.05) is 13.1 Å². The summed E-state index contributed by atoms with van der Waals surface area (Å²) in [7, 11) is 0. The fraction of sp³-hybridized carbons (Fsp3) is 0.938. The molecule has 1 rings (SSSR count). The Bertz CT molecular complexity index is 268. The first-order chi connectivity index (χ1) is 8.99. The highest BCUT2D eigenvalue weighted by Crippen LogP contribution is 2.40. The van der Waals surface area contributed by atoms with Crippen LogP contribution in [0.3, 0.4) is 0 Å². The van der Waals surface area contributed by atoms with E-state index in [1.165, 1.54) is 19.3 Å². The molecule has 0 spiro atoms. The lowest BCUT2D eigenvalue weighted by atomic mass is 9.69. The van der Waals surface area contributed by atoms with Crippen LogP contribution in [0.4, 0.5) is 0 Å². The molecule has 0 bridgehead atoms. The molecule has 19 heavy (non-hydrogen) atoms. The molecule has 0 aromatic carbocycles. The molecule has 0 aliphatic heterocycles. The van der Waals surface area contributed by atoms with Crippen molar-refractivity contribution in [1.29, 1.82) is 0 Å². The lowest BCUT2D eigenvalue weighted by Gasteiger charge is -2.39. The zero-order chi connectivity index (χ0) is 14.3. The van der Waals surface area contributed by atoms with E-state index in [0.29, 0.717) is 18.0 Å². The maximum atomic E-state index is 11.7. The van der Waals surface area contributed by atoms with Gasteiger partial charge in [-0.3, -0.25) is 4.79 Å².